The third kappa shape index (κ3) is 5.77. The lowest BCUT2D eigenvalue weighted by atomic mass is 10.1. The molecule has 1 aliphatic rings. The van der Waals surface area contributed by atoms with Crippen LogP contribution in [0.2, 0.25) is 5.54 Å². The highest BCUT2D eigenvalue weighted by atomic mass is 28.3. The topological polar surface area (TPSA) is 0 Å². The van der Waals surface area contributed by atoms with Crippen molar-refractivity contribution < 1.29 is 0 Å². The van der Waals surface area contributed by atoms with Gasteiger partial charge in [0.1, 0.15) is 0 Å². The molecule has 0 heterocycles. The molecular weight excluding hydrogens is 521 g/mol. The average Bonchev–Trinajstić information content (AvgIpc) is 3.55. The Hall–Kier alpha value is -3.42. The minimum atomic E-state index is -2.61. The first-order chi connectivity index (χ1) is 20.5. The Morgan fingerprint density at radius 1 is 0.476 bits per heavy atom. The summed E-state index contributed by atoms with van der Waals surface area (Å²) in [5.74, 6) is 0. The van der Waals surface area contributed by atoms with Crippen molar-refractivity contribution in [2.24, 2.45) is 0 Å². The van der Waals surface area contributed by atoms with Crippen LogP contribution in [-0.4, -0.2) is 8.07 Å². The molecule has 0 fully saturated rings. The Balaban J connectivity index is 1.94. The Labute approximate surface area is 256 Å². The van der Waals surface area contributed by atoms with Crippen molar-refractivity contribution in [1.82, 2.24) is 0 Å². The summed E-state index contributed by atoms with van der Waals surface area (Å²) < 4.78 is 0. The number of rotatable bonds is 11. The predicted molar refractivity (Wildman–Crippen MR) is 188 cm³/mol. The van der Waals surface area contributed by atoms with Crippen LogP contribution in [0.3, 0.4) is 0 Å². The maximum absolute atomic E-state index is 2.61. The van der Waals surface area contributed by atoms with Crippen LogP contribution in [0, 0.1) is 0 Å². The van der Waals surface area contributed by atoms with Gasteiger partial charge in [0.15, 0.2) is 8.07 Å². The van der Waals surface area contributed by atoms with Gasteiger partial charge in [0, 0.05) is 5.54 Å². The zero-order chi connectivity index (χ0) is 29.7. The Bertz CT molecular complexity index is 1390. The number of benzene rings is 4. The molecule has 0 saturated carbocycles. The summed E-state index contributed by atoms with van der Waals surface area (Å²) in [6.45, 7) is 13.9. The molecule has 0 aliphatic heterocycles. The van der Waals surface area contributed by atoms with Gasteiger partial charge in [-0.05, 0) is 98.6 Å². The van der Waals surface area contributed by atoms with Crippen LogP contribution >= 0.6 is 0 Å². The lowest BCUT2D eigenvalue weighted by Crippen LogP contribution is -2.69. The maximum atomic E-state index is 2.61. The first-order valence-corrected chi connectivity index (χ1v) is 18.4. The van der Waals surface area contributed by atoms with Crippen molar-refractivity contribution >= 4 is 29.2 Å². The van der Waals surface area contributed by atoms with Crippen molar-refractivity contribution in [1.29, 1.82) is 0 Å². The number of allylic oxidation sites excluding steroid dienone is 4. The maximum Gasteiger partial charge on any atom is 0.158 e. The Morgan fingerprint density at radius 3 is 1.17 bits per heavy atom. The lowest BCUT2D eigenvalue weighted by Gasteiger charge is -2.39. The van der Waals surface area contributed by atoms with Gasteiger partial charge in [-0.2, -0.15) is 0 Å². The molecule has 0 radical (unpaired) electrons. The van der Waals surface area contributed by atoms with Crippen LogP contribution in [0.25, 0.3) is 5.57 Å². The largest absolute Gasteiger partial charge is 0.158 e. The summed E-state index contributed by atoms with van der Waals surface area (Å²) in [5.41, 5.74) is 11.7. The van der Waals surface area contributed by atoms with E-state index in [9.17, 15) is 0 Å². The Morgan fingerprint density at radius 2 is 0.833 bits per heavy atom. The highest BCUT2D eigenvalue weighted by Crippen LogP contribution is 2.36. The first kappa shape index (κ1) is 30.0. The summed E-state index contributed by atoms with van der Waals surface area (Å²) in [6.07, 6.45) is 13.9. The van der Waals surface area contributed by atoms with E-state index in [2.05, 4.69) is 145 Å². The fourth-order valence-corrected chi connectivity index (χ4v) is 12.3. The molecule has 4 aromatic carbocycles. The van der Waals surface area contributed by atoms with Gasteiger partial charge in [0.25, 0.3) is 0 Å². The second-order valence-corrected chi connectivity index (χ2v) is 15.9. The third-order valence-corrected chi connectivity index (χ3v) is 14.4. The van der Waals surface area contributed by atoms with Crippen LogP contribution in [0.5, 0.6) is 0 Å². The van der Waals surface area contributed by atoms with Crippen molar-refractivity contribution in [3.63, 3.8) is 0 Å². The second-order valence-electron chi connectivity index (χ2n) is 11.9. The molecule has 1 unspecified atom stereocenters. The van der Waals surface area contributed by atoms with Gasteiger partial charge in [-0.1, -0.05) is 145 Å². The van der Waals surface area contributed by atoms with E-state index >= 15 is 0 Å². The van der Waals surface area contributed by atoms with Gasteiger partial charge in [-0.3, -0.25) is 0 Å². The standard InChI is InChI=1S/C41H48Si/c1-7-30-20-31(8-2)24-39(23-30)42(40-25-32(9-3)21-33(10-4)26-40,41-27-34(11-5)22-35(12-6)28-41)38-19-18-37(29-38)36-16-14-13-15-17-36/h13-29,38H,7-12H2,1-6H3. The highest BCUT2D eigenvalue weighted by molar-refractivity contribution is 7.13. The van der Waals surface area contributed by atoms with Crippen molar-refractivity contribution in [3.8, 4) is 0 Å². The molecule has 0 nitrogen and oxygen atoms in total. The summed E-state index contributed by atoms with van der Waals surface area (Å²) in [6, 6.07) is 33.8. The van der Waals surface area contributed by atoms with Gasteiger partial charge < -0.3 is 0 Å². The van der Waals surface area contributed by atoms with E-state index in [1.807, 2.05) is 0 Å². The molecule has 5 rings (SSSR count). The van der Waals surface area contributed by atoms with E-state index in [-0.39, 0.29) is 0 Å². The molecule has 1 atom stereocenters. The molecule has 0 spiro atoms. The molecule has 216 valence electrons. The monoisotopic (exact) mass is 568 g/mol. The fraction of sp³-hybridized carbons (Fsp3) is 0.317. The average molecular weight is 569 g/mol. The zero-order valence-electron chi connectivity index (χ0n) is 26.6. The molecule has 0 N–H and O–H groups in total. The van der Waals surface area contributed by atoms with Crippen molar-refractivity contribution in [2.45, 2.75) is 85.6 Å². The minimum Gasteiger partial charge on any atom is -0.0787 e. The van der Waals surface area contributed by atoms with Crippen LogP contribution in [0.1, 0.15) is 80.5 Å². The molecule has 42 heavy (non-hydrogen) atoms. The van der Waals surface area contributed by atoms with E-state index < -0.39 is 8.07 Å². The van der Waals surface area contributed by atoms with E-state index in [1.54, 1.807) is 15.6 Å². The van der Waals surface area contributed by atoms with Gasteiger partial charge in [-0.15, -0.1) is 0 Å². The first-order valence-electron chi connectivity index (χ1n) is 16.3. The van der Waals surface area contributed by atoms with Crippen molar-refractivity contribution in [3.05, 3.63) is 142 Å². The summed E-state index contributed by atoms with van der Waals surface area (Å²) in [7, 11) is -2.61. The second kappa shape index (κ2) is 13.3. The molecule has 0 saturated heterocycles. The molecule has 1 heteroatoms. The van der Waals surface area contributed by atoms with Crippen molar-refractivity contribution in [2.75, 3.05) is 0 Å². The smallest absolute Gasteiger partial charge is 0.0787 e. The van der Waals surface area contributed by atoms with E-state index in [1.165, 1.54) is 44.5 Å². The van der Waals surface area contributed by atoms with E-state index in [4.69, 9.17) is 0 Å². The van der Waals surface area contributed by atoms with Crippen LogP contribution in [0.4, 0.5) is 0 Å². The fourth-order valence-electron chi connectivity index (χ4n) is 6.88. The molecule has 0 aromatic heterocycles. The number of aryl methyl sites for hydroxylation is 6. The quantitative estimate of drug-likeness (QED) is 0.126. The van der Waals surface area contributed by atoms with E-state index in [0.717, 1.165) is 38.5 Å². The van der Waals surface area contributed by atoms with Crippen LogP contribution in [-0.2, 0) is 38.5 Å². The summed E-state index contributed by atoms with van der Waals surface area (Å²) >= 11 is 0. The highest BCUT2D eigenvalue weighted by Gasteiger charge is 2.46. The predicted octanol–water partition coefficient (Wildman–Crippen LogP) is 8.55. The SMILES string of the molecule is CCc1cc(CC)cc([Si](c2cc(CC)cc(CC)c2)(c2cc(CC)cc(CC)c2)C2C=CC(c3ccccc3)=C2)c1. The van der Waals surface area contributed by atoms with Crippen LogP contribution in [0.15, 0.2) is 103 Å². The minimum absolute atomic E-state index is 0.318. The molecule has 0 amide bonds. The molecule has 0 bridgehead atoms. The molecule has 4 aromatic rings. The summed E-state index contributed by atoms with van der Waals surface area (Å²) in [5, 5.41) is 4.68. The molecular formula is C41H48Si. The third-order valence-electron chi connectivity index (χ3n) is 9.42. The zero-order valence-corrected chi connectivity index (χ0v) is 27.6. The molecule has 1 aliphatic carbocycles. The number of hydrogen-bond acceptors (Lipinski definition) is 0. The normalized spacial score (nSPS) is 14.8. The van der Waals surface area contributed by atoms with Gasteiger partial charge >= 0.3 is 0 Å². The van der Waals surface area contributed by atoms with Gasteiger partial charge in [0.05, 0.1) is 0 Å². The van der Waals surface area contributed by atoms with E-state index in [0.29, 0.717) is 5.54 Å². The van der Waals surface area contributed by atoms with Gasteiger partial charge in [-0.25, -0.2) is 0 Å². The van der Waals surface area contributed by atoms with Crippen LogP contribution < -0.4 is 15.6 Å². The van der Waals surface area contributed by atoms with Gasteiger partial charge in [0.2, 0.25) is 0 Å². The Kier molecular flexibility index (Phi) is 9.49. The number of hydrogen-bond donors (Lipinski definition) is 0. The summed E-state index contributed by atoms with van der Waals surface area (Å²) in [4.78, 5) is 0. The lowest BCUT2D eigenvalue weighted by molar-refractivity contribution is 1.08.